The van der Waals surface area contributed by atoms with Gasteiger partial charge in [0, 0.05) is 25.5 Å². The highest BCUT2D eigenvalue weighted by Crippen LogP contribution is 2.42. The molecule has 0 aliphatic heterocycles. The van der Waals surface area contributed by atoms with Gasteiger partial charge in [-0.15, -0.1) is 11.3 Å². The summed E-state index contributed by atoms with van der Waals surface area (Å²) in [5, 5.41) is 15.6. The number of thiophene rings is 1. The second-order valence-electron chi connectivity index (χ2n) is 9.21. The summed E-state index contributed by atoms with van der Waals surface area (Å²) in [6.07, 6.45) is 4.35. The number of benzene rings is 2. The van der Waals surface area contributed by atoms with E-state index in [2.05, 4.69) is 52.8 Å². The minimum absolute atomic E-state index is 0.167. The Morgan fingerprint density at radius 2 is 1.78 bits per heavy atom. The monoisotopic (exact) mass is 510 g/mol. The van der Waals surface area contributed by atoms with Crippen molar-refractivity contribution in [2.75, 3.05) is 11.9 Å². The highest BCUT2D eigenvalue weighted by atomic mass is 32.1. The van der Waals surface area contributed by atoms with Crippen LogP contribution in [0.2, 0.25) is 0 Å². The fraction of sp³-hybridized carbons (Fsp3) is 0.357. The van der Waals surface area contributed by atoms with E-state index >= 15 is 0 Å². The molecule has 1 aliphatic carbocycles. The molecule has 1 aliphatic rings. The molecule has 2 unspecified atom stereocenters. The third kappa shape index (κ3) is 6.30. The molecule has 0 spiro atoms. The van der Waals surface area contributed by atoms with Crippen molar-refractivity contribution in [2.45, 2.75) is 51.2 Å². The van der Waals surface area contributed by atoms with Gasteiger partial charge in [0.15, 0.2) is 6.10 Å². The van der Waals surface area contributed by atoms with Gasteiger partial charge in [-0.25, -0.2) is 4.79 Å². The lowest BCUT2D eigenvalue weighted by molar-refractivity contribution is -0.193. The number of hydrogen-bond donors (Lipinski definition) is 3. The van der Waals surface area contributed by atoms with Crippen molar-refractivity contribution in [3.8, 4) is 10.4 Å². The maximum Gasteiger partial charge on any atom is 0.378 e. The van der Waals surface area contributed by atoms with Gasteiger partial charge >= 0.3 is 5.97 Å². The van der Waals surface area contributed by atoms with Gasteiger partial charge in [0.05, 0.1) is 12.6 Å². The van der Waals surface area contributed by atoms with Crippen LogP contribution in [0.25, 0.3) is 10.4 Å². The number of aliphatic hydroxyl groups is 1. The van der Waals surface area contributed by atoms with Crippen LogP contribution in [-0.2, 0) is 9.74 Å². The number of rotatable bonds is 9. The molecular formula is C28H31FN2O4S. The van der Waals surface area contributed by atoms with Gasteiger partial charge in [-0.1, -0.05) is 49.6 Å². The zero-order chi connectivity index (χ0) is 25.5. The summed E-state index contributed by atoms with van der Waals surface area (Å²) >= 11 is 1.82. The van der Waals surface area contributed by atoms with Crippen LogP contribution in [0.15, 0.2) is 60.7 Å². The molecule has 1 heterocycles. The molecule has 1 saturated carbocycles. The van der Waals surface area contributed by atoms with Crippen LogP contribution in [0, 0.1) is 12.8 Å². The maximum atomic E-state index is 12.4. The van der Waals surface area contributed by atoms with E-state index in [-0.39, 0.29) is 6.04 Å². The molecule has 1 aromatic heterocycles. The molecule has 3 N–H and O–H groups in total. The van der Waals surface area contributed by atoms with Crippen LogP contribution >= 0.6 is 11.3 Å². The van der Waals surface area contributed by atoms with Crippen molar-refractivity contribution >= 4 is 28.9 Å². The number of anilines is 1. The Morgan fingerprint density at radius 3 is 2.44 bits per heavy atom. The Labute approximate surface area is 214 Å². The van der Waals surface area contributed by atoms with E-state index in [1.807, 2.05) is 29.5 Å². The van der Waals surface area contributed by atoms with Crippen LogP contribution < -0.4 is 10.6 Å². The molecule has 190 valence electrons. The number of carbonyl (C=O) groups is 2. The van der Waals surface area contributed by atoms with Crippen LogP contribution in [-0.4, -0.2) is 29.6 Å². The van der Waals surface area contributed by atoms with Crippen molar-refractivity contribution in [3.63, 3.8) is 0 Å². The zero-order valence-corrected chi connectivity index (χ0v) is 21.0. The number of aliphatic hydroxyl groups excluding tert-OH is 1. The second-order valence-corrected chi connectivity index (χ2v) is 10.5. The SMILES string of the molecule is Cc1sc(-c2ccccc2)cc1C(Nc1ccc(C(=O)NCC(O)C(=O)OF)cc1)C1CCCCC1. The van der Waals surface area contributed by atoms with Gasteiger partial charge in [-0.2, -0.15) is 0 Å². The molecular weight excluding hydrogens is 479 g/mol. The summed E-state index contributed by atoms with van der Waals surface area (Å²) in [5.74, 6) is -1.39. The van der Waals surface area contributed by atoms with E-state index < -0.39 is 24.5 Å². The van der Waals surface area contributed by atoms with Crippen molar-refractivity contribution < 1.29 is 24.2 Å². The molecule has 2 atom stereocenters. The van der Waals surface area contributed by atoms with Crippen LogP contribution in [0.1, 0.15) is 58.9 Å². The topological polar surface area (TPSA) is 87.7 Å². The minimum Gasteiger partial charge on any atom is -0.380 e. The lowest BCUT2D eigenvalue weighted by atomic mass is 9.81. The third-order valence-electron chi connectivity index (χ3n) is 6.74. The molecule has 1 amide bonds. The largest absolute Gasteiger partial charge is 0.380 e. The standard InChI is InChI=1S/C28H31FN2O4S/c1-18-23(16-25(36-18)19-8-4-2-5-9-19)26(20-10-6-3-7-11-20)31-22-14-12-21(13-15-22)27(33)30-17-24(32)28(34)35-29/h2,4-5,8-9,12-16,20,24,26,31-32H,3,6-7,10-11,17H2,1H3,(H,30,33). The summed E-state index contributed by atoms with van der Waals surface area (Å²) in [6, 6.07) is 20.0. The van der Waals surface area contributed by atoms with E-state index in [1.165, 1.54) is 53.0 Å². The summed E-state index contributed by atoms with van der Waals surface area (Å²) < 4.78 is 11.9. The Morgan fingerprint density at radius 1 is 1.08 bits per heavy atom. The van der Waals surface area contributed by atoms with Crippen LogP contribution in [0.3, 0.4) is 0 Å². The summed E-state index contributed by atoms with van der Waals surface area (Å²) in [7, 11) is 0. The first kappa shape index (κ1) is 25.9. The van der Waals surface area contributed by atoms with E-state index in [9.17, 15) is 19.2 Å². The number of halogens is 1. The Hall–Kier alpha value is -3.23. The molecule has 0 radical (unpaired) electrons. The van der Waals surface area contributed by atoms with E-state index in [4.69, 9.17) is 0 Å². The maximum absolute atomic E-state index is 12.4. The lowest BCUT2D eigenvalue weighted by Gasteiger charge is -2.32. The molecule has 8 heteroatoms. The number of carbonyl (C=O) groups excluding carboxylic acids is 2. The highest BCUT2D eigenvalue weighted by molar-refractivity contribution is 7.15. The predicted molar refractivity (Wildman–Crippen MR) is 139 cm³/mol. The lowest BCUT2D eigenvalue weighted by Crippen LogP contribution is -2.36. The van der Waals surface area contributed by atoms with Crippen molar-refractivity contribution in [3.05, 3.63) is 76.7 Å². The smallest absolute Gasteiger partial charge is 0.378 e. The van der Waals surface area contributed by atoms with Gasteiger partial charge in [0.25, 0.3) is 5.91 Å². The summed E-state index contributed by atoms with van der Waals surface area (Å²) in [6.45, 7) is 1.75. The molecule has 1 fully saturated rings. The van der Waals surface area contributed by atoms with Crippen LogP contribution in [0.5, 0.6) is 0 Å². The third-order valence-corrected chi connectivity index (χ3v) is 7.86. The first-order valence-electron chi connectivity index (χ1n) is 12.3. The van der Waals surface area contributed by atoms with Gasteiger partial charge in [0.2, 0.25) is 0 Å². The molecule has 6 nitrogen and oxygen atoms in total. The Kier molecular flexibility index (Phi) is 8.72. The van der Waals surface area contributed by atoms with Gasteiger partial charge in [0.1, 0.15) is 0 Å². The van der Waals surface area contributed by atoms with E-state index in [0.29, 0.717) is 11.5 Å². The zero-order valence-electron chi connectivity index (χ0n) is 20.2. The average molecular weight is 511 g/mol. The second kappa shape index (κ2) is 12.1. The first-order valence-corrected chi connectivity index (χ1v) is 13.1. The molecule has 3 aromatic rings. The quantitative estimate of drug-likeness (QED) is 0.330. The highest BCUT2D eigenvalue weighted by Gasteiger charge is 2.28. The first-order chi connectivity index (χ1) is 17.5. The molecule has 2 aromatic carbocycles. The summed E-state index contributed by atoms with van der Waals surface area (Å²) in [4.78, 5) is 28.9. The number of amides is 1. The van der Waals surface area contributed by atoms with Crippen molar-refractivity contribution in [1.82, 2.24) is 5.32 Å². The van der Waals surface area contributed by atoms with Crippen molar-refractivity contribution in [2.24, 2.45) is 5.92 Å². The van der Waals surface area contributed by atoms with E-state index in [1.54, 1.807) is 12.1 Å². The van der Waals surface area contributed by atoms with E-state index in [0.717, 1.165) is 5.69 Å². The number of hydrogen-bond acceptors (Lipinski definition) is 6. The fourth-order valence-electron chi connectivity index (χ4n) is 4.79. The number of nitrogens with one attached hydrogen (secondary N) is 2. The van der Waals surface area contributed by atoms with Gasteiger partial charge < -0.3 is 15.7 Å². The molecule has 4 rings (SSSR count). The molecule has 0 bridgehead atoms. The molecule has 36 heavy (non-hydrogen) atoms. The van der Waals surface area contributed by atoms with Gasteiger partial charge in [-0.3, -0.25) is 9.74 Å². The molecule has 0 saturated heterocycles. The number of aryl methyl sites for hydroxylation is 1. The van der Waals surface area contributed by atoms with Gasteiger partial charge in [-0.05, 0) is 67.1 Å². The average Bonchev–Trinajstić information content (AvgIpc) is 3.32. The Balaban J connectivity index is 1.50. The summed E-state index contributed by atoms with van der Waals surface area (Å²) in [5.41, 5.74) is 3.82. The van der Waals surface area contributed by atoms with Crippen LogP contribution in [0.4, 0.5) is 10.2 Å². The predicted octanol–water partition coefficient (Wildman–Crippen LogP) is 5.98. The minimum atomic E-state index is -1.76. The normalized spacial score (nSPS) is 15.6. The Bertz CT molecular complexity index is 1160. The van der Waals surface area contributed by atoms with Crippen molar-refractivity contribution in [1.29, 1.82) is 0 Å². The fourth-order valence-corrected chi connectivity index (χ4v) is 5.86.